The molecule has 0 radical (unpaired) electrons. The van der Waals surface area contributed by atoms with Crippen LogP contribution in [-0.4, -0.2) is 34.8 Å². The molecule has 2 heterocycles. The van der Waals surface area contributed by atoms with Gasteiger partial charge in [0.25, 0.3) is 0 Å². The molecule has 1 aromatic carbocycles. The zero-order valence-corrected chi connectivity index (χ0v) is 19.3. The minimum absolute atomic E-state index is 0.0329. The number of pyridine rings is 1. The van der Waals surface area contributed by atoms with Crippen LogP contribution in [0.5, 0.6) is 5.75 Å². The summed E-state index contributed by atoms with van der Waals surface area (Å²) in [5.41, 5.74) is 0.986. The average Bonchev–Trinajstić information content (AvgIpc) is 3.61. The van der Waals surface area contributed by atoms with Crippen LogP contribution in [0.25, 0.3) is 0 Å². The number of aliphatic carboxylic acids is 1. The van der Waals surface area contributed by atoms with Gasteiger partial charge in [-0.2, -0.15) is 13.2 Å². The number of anilines is 1. The smallest absolute Gasteiger partial charge is 0.419 e. The van der Waals surface area contributed by atoms with E-state index in [0.717, 1.165) is 48.6 Å². The van der Waals surface area contributed by atoms with Gasteiger partial charge in [-0.3, -0.25) is 4.79 Å². The highest BCUT2D eigenvalue weighted by atomic mass is 19.4. The number of halogens is 3. The number of fused-ring (bicyclic) bond motifs is 1. The van der Waals surface area contributed by atoms with E-state index >= 15 is 0 Å². The maximum Gasteiger partial charge on any atom is 0.419 e. The van der Waals surface area contributed by atoms with Crippen molar-refractivity contribution in [3.63, 3.8) is 0 Å². The van der Waals surface area contributed by atoms with Crippen molar-refractivity contribution in [1.29, 1.82) is 0 Å². The predicted molar refractivity (Wildman–Crippen MR) is 121 cm³/mol. The molecule has 0 saturated heterocycles. The molecule has 2 aromatic rings. The number of aryl methyl sites for hydroxylation is 1. The van der Waals surface area contributed by atoms with E-state index in [0.29, 0.717) is 18.8 Å². The van der Waals surface area contributed by atoms with E-state index < -0.39 is 29.2 Å². The third kappa shape index (κ3) is 4.12. The number of carboxylic acid groups (broad SMARTS) is 1. The first-order valence-corrected chi connectivity index (χ1v) is 11.9. The largest absolute Gasteiger partial charge is 0.487 e. The number of nitrogens with zero attached hydrogens (tertiary/aromatic N) is 2. The molecular formula is C26H29F3N2O3. The van der Waals surface area contributed by atoms with Crippen LogP contribution in [0.4, 0.5) is 19.0 Å². The zero-order valence-electron chi connectivity index (χ0n) is 19.3. The van der Waals surface area contributed by atoms with Crippen molar-refractivity contribution in [3.8, 4) is 5.75 Å². The van der Waals surface area contributed by atoms with Crippen molar-refractivity contribution < 1.29 is 27.8 Å². The van der Waals surface area contributed by atoms with E-state index in [1.807, 2.05) is 18.2 Å². The molecule has 2 fully saturated rings. The first kappa shape index (κ1) is 23.0. The molecule has 1 aromatic heterocycles. The van der Waals surface area contributed by atoms with Gasteiger partial charge >= 0.3 is 12.1 Å². The first-order chi connectivity index (χ1) is 16.1. The van der Waals surface area contributed by atoms with Gasteiger partial charge in [0.15, 0.2) is 0 Å². The Morgan fingerprint density at radius 1 is 1.26 bits per heavy atom. The lowest BCUT2D eigenvalue weighted by atomic mass is 9.70. The molecule has 1 N–H and O–H groups in total. The summed E-state index contributed by atoms with van der Waals surface area (Å²) in [4.78, 5) is 17.3. The van der Waals surface area contributed by atoms with Crippen LogP contribution in [0.2, 0.25) is 0 Å². The number of aromatic nitrogens is 1. The lowest BCUT2D eigenvalue weighted by molar-refractivity contribution is -0.142. The standard InChI is InChI=1S/C26H29F3N2O3/c1-15(24(32)33)22(17-6-7-17)18-8-5-16-9-10-25(34-21(16)12-18)13-19(14-25)31(2)23-20(26(27,28)29)4-3-11-30-23/h3-5,8,11-12,15,17,19,22H,6-7,9-10,13-14H2,1-2H3,(H,32,33)/t15-,19?,22-,25?/m0/s1. The second kappa shape index (κ2) is 8.17. The Morgan fingerprint density at radius 3 is 2.65 bits per heavy atom. The normalized spacial score (nSPS) is 25.6. The van der Waals surface area contributed by atoms with Crippen LogP contribution in [0.3, 0.4) is 0 Å². The Labute approximate surface area is 196 Å². The number of carbonyl (C=O) groups is 1. The number of benzene rings is 1. The van der Waals surface area contributed by atoms with Gasteiger partial charge in [-0.05, 0) is 66.8 Å². The third-order valence-electron chi connectivity index (χ3n) is 7.90. The molecule has 34 heavy (non-hydrogen) atoms. The first-order valence-electron chi connectivity index (χ1n) is 11.9. The van der Waals surface area contributed by atoms with Crippen molar-refractivity contribution in [1.82, 2.24) is 4.98 Å². The lowest BCUT2D eigenvalue weighted by Gasteiger charge is -2.53. The summed E-state index contributed by atoms with van der Waals surface area (Å²) in [5, 5.41) is 9.59. The fraction of sp³-hybridized carbons (Fsp3) is 0.538. The fourth-order valence-corrected chi connectivity index (χ4v) is 5.74. The van der Waals surface area contributed by atoms with E-state index in [4.69, 9.17) is 4.74 Å². The van der Waals surface area contributed by atoms with Crippen molar-refractivity contribution in [2.45, 2.75) is 69.2 Å². The quantitative estimate of drug-likeness (QED) is 0.584. The van der Waals surface area contributed by atoms with E-state index in [9.17, 15) is 23.1 Å². The second-order valence-electron chi connectivity index (χ2n) is 10.2. The Bertz CT molecular complexity index is 1090. The number of rotatable bonds is 6. The molecule has 5 nitrogen and oxygen atoms in total. The number of ether oxygens (including phenoxy) is 1. The molecule has 2 aliphatic carbocycles. The topological polar surface area (TPSA) is 62.7 Å². The Morgan fingerprint density at radius 2 is 2.00 bits per heavy atom. The third-order valence-corrected chi connectivity index (χ3v) is 7.90. The molecule has 0 amide bonds. The highest BCUT2D eigenvalue weighted by molar-refractivity contribution is 5.71. The van der Waals surface area contributed by atoms with Crippen LogP contribution in [0.15, 0.2) is 36.5 Å². The zero-order chi connectivity index (χ0) is 24.3. The maximum absolute atomic E-state index is 13.5. The lowest BCUT2D eigenvalue weighted by Crippen LogP contribution is -2.59. The molecule has 3 aliphatic rings. The Balaban J connectivity index is 1.32. The van der Waals surface area contributed by atoms with E-state index in [2.05, 4.69) is 4.98 Å². The van der Waals surface area contributed by atoms with Gasteiger partial charge in [0.1, 0.15) is 17.2 Å². The highest BCUT2D eigenvalue weighted by Crippen LogP contribution is 2.51. The fourth-order valence-electron chi connectivity index (χ4n) is 5.74. The number of carboxylic acids is 1. The molecule has 5 rings (SSSR count). The molecule has 1 spiro atoms. The van der Waals surface area contributed by atoms with Crippen LogP contribution >= 0.6 is 0 Å². The molecular weight excluding hydrogens is 445 g/mol. The van der Waals surface area contributed by atoms with Crippen molar-refractivity contribution >= 4 is 11.8 Å². The summed E-state index contributed by atoms with van der Waals surface area (Å²) in [6.07, 6.45) is 1.93. The van der Waals surface area contributed by atoms with Gasteiger partial charge in [-0.1, -0.05) is 19.1 Å². The minimum atomic E-state index is -4.46. The minimum Gasteiger partial charge on any atom is -0.487 e. The number of hydrogen-bond acceptors (Lipinski definition) is 4. The predicted octanol–water partition coefficient (Wildman–Crippen LogP) is 5.68. The molecule has 8 heteroatoms. The molecule has 1 aliphatic heterocycles. The molecule has 0 unspecified atom stereocenters. The van der Waals surface area contributed by atoms with E-state index in [1.165, 1.54) is 12.3 Å². The second-order valence-corrected chi connectivity index (χ2v) is 10.2. The van der Waals surface area contributed by atoms with Crippen molar-refractivity contribution in [2.75, 3.05) is 11.9 Å². The Hall–Kier alpha value is -2.77. The SMILES string of the molecule is C[C@H](C(=O)O)[C@H](c1ccc2c(c1)OC1(CC2)CC(N(C)c2ncccc2C(F)(F)F)C1)C1CC1. The van der Waals surface area contributed by atoms with Crippen LogP contribution < -0.4 is 9.64 Å². The van der Waals surface area contributed by atoms with Crippen molar-refractivity contribution in [3.05, 3.63) is 53.2 Å². The van der Waals surface area contributed by atoms with Crippen LogP contribution in [0, 0.1) is 11.8 Å². The molecule has 0 bridgehead atoms. The molecule has 2 atom stereocenters. The van der Waals surface area contributed by atoms with E-state index in [-0.39, 0.29) is 17.8 Å². The Kier molecular flexibility index (Phi) is 5.52. The van der Waals surface area contributed by atoms with Crippen molar-refractivity contribution in [2.24, 2.45) is 11.8 Å². The van der Waals surface area contributed by atoms with Gasteiger partial charge in [0, 0.05) is 32.1 Å². The summed E-state index contributed by atoms with van der Waals surface area (Å²) in [5.74, 6) is -0.153. The van der Waals surface area contributed by atoms with Gasteiger partial charge in [-0.15, -0.1) is 0 Å². The highest BCUT2D eigenvalue weighted by Gasteiger charge is 2.51. The summed E-state index contributed by atoms with van der Waals surface area (Å²) >= 11 is 0. The van der Waals surface area contributed by atoms with Gasteiger partial charge in [-0.25, -0.2) is 4.98 Å². The van der Waals surface area contributed by atoms with Gasteiger partial charge < -0.3 is 14.7 Å². The summed E-state index contributed by atoms with van der Waals surface area (Å²) in [6, 6.07) is 8.38. The summed E-state index contributed by atoms with van der Waals surface area (Å²) < 4.78 is 46.8. The van der Waals surface area contributed by atoms with Crippen LogP contribution in [-0.2, 0) is 17.4 Å². The number of alkyl halides is 3. The van der Waals surface area contributed by atoms with E-state index in [1.54, 1.807) is 18.9 Å². The maximum atomic E-state index is 13.5. The average molecular weight is 475 g/mol. The monoisotopic (exact) mass is 474 g/mol. The van der Waals surface area contributed by atoms with Gasteiger partial charge in [0.2, 0.25) is 0 Å². The van der Waals surface area contributed by atoms with Crippen LogP contribution in [0.1, 0.15) is 61.6 Å². The molecule has 2 saturated carbocycles. The molecule has 182 valence electrons. The van der Waals surface area contributed by atoms with Gasteiger partial charge in [0.05, 0.1) is 11.5 Å². The summed E-state index contributed by atoms with van der Waals surface area (Å²) in [6.45, 7) is 1.77. The number of hydrogen-bond donors (Lipinski definition) is 1. The summed E-state index contributed by atoms with van der Waals surface area (Å²) in [7, 11) is 1.66.